The van der Waals surface area contributed by atoms with Crippen LogP contribution < -0.4 is 4.90 Å². The van der Waals surface area contributed by atoms with Gasteiger partial charge in [-0.1, -0.05) is 18.7 Å². The average Bonchev–Trinajstić information content (AvgIpc) is 3.02. The molecule has 0 amide bonds. The molecule has 1 aromatic rings. The van der Waals surface area contributed by atoms with Crippen LogP contribution in [0.25, 0.3) is 0 Å². The van der Waals surface area contributed by atoms with E-state index in [1.807, 2.05) is 11.8 Å². The van der Waals surface area contributed by atoms with Crippen molar-refractivity contribution in [3.8, 4) is 0 Å². The number of thioether (sulfide) groups is 1. The predicted molar refractivity (Wildman–Crippen MR) is 87.7 cm³/mol. The van der Waals surface area contributed by atoms with Gasteiger partial charge < -0.3 is 9.80 Å². The van der Waals surface area contributed by atoms with Crippen LogP contribution in [0.15, 0.2) is 4.99 Å². The third kappa shape index (κ3) is 2.65. The van der Waals surface area contributed by atoms with Gasteiger partial charge in [-0.3, -0.25) is 15.1 Å². The van der Waals surface area contributed by atoms with Gasteiger partial charge in [-0.05, 0) is 6.92 Å². The van der Waals surface area contributed by atoms with Crippen molar-refractivity contribution >= 4 is 28.4 Å². The second kappa shape index (κ2) is 5.79. The monoisotopic (exact) mass is 324 g/mol. The van der Waals surface area contributed by atoms with E-state index in [0.717, 1.165) is 37.9 Å². The van der Waals surface area contributed by atoms with Crippen molar-refractivity contribution in [1.82, 2.24) is 14.7 Å². The van der Waals surface area contributed by atoms with Crippen molar-refractivity contribution in [3.05, 3.63) is 15.8 Å². The van der Waals surface area contributed by atoms with Gasteiger partial charge in [0.05, 0.1) is 11.5 Å². The molecule has 3 heterocycles. The van der Waals surface area contributed by atoms with Crippen LogP contribution in [0.2, 0.25) is 0 Å². The van der Waals surface area contributed by atoms with Crippen molar-refractivity contribution < 1.29 is 4.92 Å². The van der Waals surface area contributed by atoms with Crippen LogP contribution in [-0.4, -0.2) is 62.7 Å². The van der Waals surface area contributed by atoms with Gasteiger partial charge in [-0.15, -0.1) is 0 Å². The summed E-state index contributed by atoms with van der Waals surface area (Å²) >= 11 is 1.82. The summed E-state index contributed by atoms with van der Waals surface area (Å²) in [6, 6.07) is 0. The lowest BCUT2D eigenvalue weighted by molar-refractivity contribution is -0.384. The molecule has 9 heteroatoms. The summed E-state index contributed by atoms with van der Waals surface area (Å²) < 4.78 is 1.62. The summed E-state index contributed by atoms with van der Waals surface area (Å²) in [6.45, 7) is 7.90. The Labute approximate surface area is 133 Å². The first-order chi connectivity index (χ1) is 10.5. The number of amidine groups is 1. The molecule has 0 saturated carbocycles. The van der Waals surface area contributed by atoms with Gasteiger partial charge in [0.15, 0.2) is 5.17 Å². The summed E-state index contributed by atoms with van der Waals surface area (Å²) in [5, 5.41) is 17.2. The number of hydrogen-bond donors (Lipinski definition) is 0. The van der Waals surface area contributed by atoms with E-state index >= 15 is 0 Å². The Morgan fingerprint density at radius 3 is 2.45 bits per heavy atom. The molecule has 3 rings (SSSR count). The number of aliphatic imine (C=N–C) groups is 1. The van der Waals surface area contributed by atoms with E-state index in [-0.39, 0.29) is 10.6 Å². The Hall–Kier alpha value is -1.77. The lowest BCUT2D eigenvalue weighted by Gasteiger charge is -2.36. The van der Waals surface area contributed by atoms with Crippen LogP contribution in [0.4, 0.5) is 11.5 Å². The molecule has 1 aromatic heterocycles. The zero-order valence-electron chi connectivity index (χ0n) is 13.0. The van der Waals surface area contributed by atoms with Crippen molar-refractivity contribution in [2.45, 2.75) is 19.1 Å². The highest BCUT2D eigenvalue weighted by atomic mass is 32.2. The molecule has 1 atom stereocenters. The fraction of sp³-hybridized carbons (Fsp3) is 0.692. The number of nitro groups is 1. The maximum atomic E-state index is 11.3. The molecular weight excluding hydrogens is 304 g/mol. The van der Waals surface area contributed by atoms with Gasteiger partial charge in [0.2, 0.25) is 5.82 Å². The molecule has 1 unspecified atom stereocenters. The normalized spacial score (nSPS) is 22.1. The molecule has 0 bridgehead atoms. The predicted octanol–water partition coefficient (Wildman–Crippen LogP) is 1.25. The van der Waals surface area contributed by atoms with E-state index in [0.29, 0.717) is 16.8 Å². The molecule has 0 N–H and O–H groups in total. The molecule has 2 aliphatic rings. The summed E-state index contributed by atoms with van der Waals surface area (Å²) in [7, 11) is 1.76. The minimum absolute atomic E-state index is 0.122. The Bertz CT molecular complexity index is 620. The Morgan fingerprint density at radius 2 is 1.91 bits per heavy atom. The minimum Gasteiger partial charge on any atom is -0.348 e. The molecule has 120 valence electrons. The summed E-state index contributed by atoms with van der Waals surface area (Å²) in [4.78, 5) is 19.9. The first-order valence-corrected chi connectivity index (χ1v) is 8.24. The molecule has 0 aromatic carbocycles. The molecule has 1 fully saturated rings. The van der Waals surface area contributed by atoms with Crippen molar-refractivity contribution in [2.75, 3.05) is 37.6 Å². The summed E-state index contributed by atoms with van der Waals surface area (Å²) in [6.07, 6.45) is 0. The first-order valence-electron chi connectivity index (χ1n) is 7.36. The van der Waals surface area contributed by atoms with Gasteiger partial charge in [0.1, 0.15) is 5.69 Å². The molecule has 1 saturated heterocycles. The minimum atomic E-state index is -0.331. The topological polar surface area (TPSA) is 79.8 Å². The molecular formula is C13H20N6O2S. The number of nitrogens with zero attached hydrogens (tertiary/aromatic N) is 6. The number of anilines is 1. The van der Waals surface area contributed by atoms with Crippen LogP contribution >= 0.6 is 11.8 Å². The highest BCUT2D eigenvalue weighted by Gasteiger charge is 2.31. The SMILES string of the molecule is Cc1nn(C)c(N2CCN(C3=NCC(C)S3)CC2)c1[N+](=O)[O-]. The maximum Gasteiger partial charge on any atom is 0.333 e. The molecule has 0 aliphatic carbocycles. The standard InChI is InChI=1S/C13H20N6O2S/c1-9-8-14-13(22-9)18-6-4-17(5-7-18)12-11(19(20)21)10(2)15-16(12)3/h9H,4-8H2,1-3H3. The smallest absolute Gasteiger partial charge is 0.333 e. The fourth-order valence-corrected chi connectivity index (χ4v) is 3.94. The molecule has 0 radical (unpaired) electrons. The van der Waals surface area contributed by atoms with E-state index in [1.54, 1.807) is 18.7 Å². The molecule has 2 aliphatic heterocycles. The van der Waals surface area contributed by atoms with Gasteiger partial charge >= 0.3 is 5.69 Å². The zero-order chi connectivity index (χ0) is 15.9. The third-order valence-electron chi connectivity index (χ3n) is 3.98. The number of hydrogen-bond acceptors (Lipinski definition) is 7. The van der Waals surface area contributed by atoms with Crippen LogP contribution in [-0.2, 0) is 7.05 Å². The van der Waals surface area contributed by atoms with Crippen LogP contribution in [0.3, 0.4) is 0 Å². The number of rotatable bonds is 2. The third-order valence-corrected chi connectivity index (χ3v) is 5.13. The van der Waals surface area contributed by atoms with Gasteiger partial charge in [0.25, 0.3) is 0 Å². The van der Waals surface area contributed by atoms with E-state index in [2.05, 4.69) is 26.8 Å². The highest BCUT2D eigenvalue weighted by Crippen LogP contribution is 2.32. The number of piperazine rings is 1. The van der Waals surface area contributed by atoms with Crippen molar-refractivity contribution in [3.63, 3.8) is 0 Å². The Kier molecular flexibility index (Phi) is 3.98. The molecule has 8 nitrogen and oxygen atoms in total. The Balaban J connectivity index is 1.73. The Morgan fingerprint density at radius 1 is 1.27 bits per heavy atom. The average molecular weight is 324 g/mol. The second-order valence-corrected chi connectivity index (χ2v) is 7.07. The largest absolute Gasteiger partial charge is 0.348 e. The summed E-state index contributed by atoms with van der Waals surface area (Å²) in [5.41, 5.74) is 0.589. The molecule has 22 heavy (non-hydrogen) atoms. The quantitative estimate of drug-likeness (QED) is 0.602. The summed E-state index contributed by atoms with van der Waals surface area (Å²) in [5.74, 6) is 0.608. The van der Waals surface area contributed by atoms with E-state index in [1.165, 1.54) is 0 Å². The van der Waals surface area contributed by atoms with Crippen LogP contribution in [0, 0.1) is 17.0 Å². The van der Waals surface area contributed by atoms with Gasteiger partial charge in [-0.25, -0.2) is 4.68 Å². The zero-order valence-corrected chi connectivity index (χ0v) is 13.8. The highest BCUT2D eigenvalue weighted by molar-refractivity contribution is 8.14. The first kappa shape index (κ1) is 15.1. The van der Waals surface area contributed by atoms with Crippen molar-refractivity contribution in [1.29, 1.82) is 0 Å². The van der Waals surface area contributed by atoms with E-state index < -0.39 is 0 Å². The lowest BCUT2D eigenvalue weighted by Crippen LogP contribution is -2.48. The van der Waals surface area contributed by atoms with Gasteiger partial charge in [0, 0.05) is 38.5 Å². The lowest BCUT2D eigenvalue weighted by atomic mass is 10.3. The number of aromatic nitrogens is 2. The maximum absolute atomic E-state index is 11.3. The van der Waals surface area contributed by atoms with Crippen LogP contribution in [0.1, 0.15) is 12.6 Å². The van der Waals surface area contributed by atoms with Gasteiger partial charge in [-0.2, -0.15) is 5.10 Å². The van der Waals surface area contributed by atoms with E-state index in [9.17, 15) is 10.1 Å². The van der Waals surface area contributed by atoms with Crippen LogP contribution in [0.5, 0.6) is 0 Å². The van der Waals surface area contributed by atoms with E-state index in [4.69, 9.17) is 0 Å². The number of aryl methyl sites for hydroxylation is 2. The molecule has 0 spiro atoms. The fourth-order valence-electron chi connectivity index (χ4n) is 2.95. The van der Waals surface area contributed by atoms with Crippen molar-refractivity contribution in [2.24, 2.45) is 12.0 Å². The second-order valence-electron chi connectivity index (χ2n) is 5.66.